The van der Waals surface area contributed by atoms with E-state index < -0.39 is 136 Å². The van der Waals surface area contributed by atoms with Crippen molar-refractivity contribution >= 4 is 11.9 Å². The molecule has 3 heterocycles. The van der Waals surface area contributed by atoms with E-state index in [1.54, 1.807) is 30.3 Å². The van der Waals surface area contributed by atoms with Crippen LogP contribution in [-0.2, 0) is 39.6 Å². The average Bonchev–Trinajstić information content (AvgIpc) is 3.13. The second-order valence-corrected chi connectivity index (χ2v) is 12.5. The quantitative estimate of drug-likeness (QED) is 0.0322. The summed E-state index contributed by atoms with van der Waals surface area (Å²) in [6.45, 7) is 0.508. The van der Waals surface area contributed by atoms with Crippen LogP contribution in [-0.4, -0.2) is 192 Å². The maximum Gasteiger partial charge on any atom is 1.00 e. The van der Waals surface area contributed by atoms with Gasteiger partial charge in [-0.15, -0.1) is 6.58 Å². The number of carboxylic acid groups (broad SMARTS) is 1. The van der Waals surface area contributed by atoms with Crippen molar-refractivity contribution in [2.45, 2.75) is 110 Å². The number of rotatable bonds is 16. The Hall–Kier alpha value is -1.74. The number of hydrogen-bond acceptors (Lipinski definition) is 19. The fourth-order valence-electron chi connectivity index (χ4n) is 6.16. The fourth-order valence-corrected chi connectivity index (χ4v) is 6.16. The number of aliphatic hydroxyl groups is 10. The van der Waals surface area contributed by atoms with Gasteiger partial charge in [0.1, 0.15) is 73.2 Å². The Morgan fingerprint density at radius 1 is 0.962 bits per heavy atom. The first-order chi connectivity index (χ1) is 24.7. The molecule has 3 saturated heterocycles. The van der Waals surface area contributed by atoms with Gasteiger partial charge in [-0.05, 0) is 11.5 Å². The second-order valence-electron chi connectivity index (χ2n) is 12.5. The largest absolute Gasteiger partial charge is 1.00 e. The Kier molecular flexibility index (Phi) is 17.6. The SMILES string of the molecule is C=CCO[C@@H]1O[C@H](CO)[C@@H](O[C@@H]2O[C@H](CO)[C@H](O)[C@H](O[C@]3(C(=O)O)C[C@H](O)[C@@H](N=C([O-])Cc4ccccc4)[C@H]([C@H](O)[C@H](O)CO)O3)[C@H]2O)[C@H](O)[C@H]1O.[Na+]. The Morgan fingerprint density at radius 3 is 2.19 bits per heavy atom. The summed E-state index contributed by atoms with van der Waals surface area (Å²) in [6.07, 6.45) is -26.3. The number of hydrogen-bond donors (Lipinski definition) is 11. The summed E-state index contributed by atoms with van der Waals surface area (Å²) in [4.78, 5) is 16.8. The molecule has 0 spiro atoms. The number of aliphatic imine (C=N–C) groups is 1. The molecule has 0 bridgehead atoms. The zero-order valence-corrected chi connectivity index (χ0v) is 30.7. The summed E-state index contributed by atoms with van der Waals surface area (Å²) in [5.74, 6) is -5.88. The molecule has 53 heavy (non-hydrogen) atoms. The predicted octanol–water partition coefficient (Wildman–Crippen LogP) is -9.14. The normalized spacial score (nSPS) is 39.1. The number of aliphatic carboxylic acids is 1. The topological polar surface area (TPSA) is 330 Å². The van der Waals surface area contributed by atoms with Crippen LogP contribution in [0.5, 0.6) is 0 Å². The molecule has 0 aromatic heterocycles. The number of carboxylic acids is 1. The molecule has 16 atom stereocenters. The molecule has 0 saturated carbocycles. The van der Waals surface area contributed by atoms with Gasteiger partial charge in [0.25, 0.3) is 5.79 Å². The molecule has 294 valence electrons. The van der Waals surface area contributed by atoms with Gasteiger partial charge in [-0.3, -0.25) is 4.99 Å². The van der Waals surface area contributed by atoms with Crippen molar-refractivity contribution in [3.63, 3.8) is 0 Å². The van der Waals surface area contributed by atoms with E-state index in [1.165, 1.54) is 6.08 Å². The summed E-state index contributed by atoms with van der Waals surface area (Å²) in [5.41, 5.74) is 0.531. The molecule has 3 fully saturated rings. The van der Waals surface area contributed by atoms with Crippen LogP contribution < -0.4 is 34.7 Å². The molecule has 3 aliphatic rings. The third-order valence-electron chi connectivity index (χ3n) is 8.91. The van der Waals surface area contributed by atoms with E-state index in [0.717, 1.165) is 0 Å². The van der Waals surface area contributed by atoms with Gasteiger partial charge in [-0.2, -0.15) is 0 Å². The van der Waals surface area contributed by atoms with Crippen LogP contribution in [0.4, 0.5) is 0 Å². The van der Waals surface area contributed by atoms with Crippen molar-refractivity contribution in [1.82, 2.24) is 0 Å². The van der Waals surface area contributed by atoms with Crippen molar-refractivity contribution in [3.8, 4) is 0 Å². The molecule has 0 amide bonds. The molecule has 4 rings (SSSR count). The monoisotopic (exact) mass is 771 g/mol. The molecule has 11 N–H and O–H groups in total. The maximum absolute atomic E-state index is 12.9. The summed E-state index contributed by atoms with van der Waals surface area (Å²) >= 11 is 0. The molecule has 1 aromatic rings. The van der Waals surface area contributed by atoms with Crippen molar-refractivity contribution in [2.75, 3.05) is 26.4 Å². The zero-order chi connectivity index (χ0) is 38.3. The third kappa shape index (κ3) is 10.6. The van der Waals surface area contributed by atoms with E-state index in [9.17, 15) is 66.1 Å². The molecule has 1 aromatic carbocycles. The summed E-state index contributed by atoms with van der Waals surface area (Å²) < 4.78 is 33.2. The average molecular weight is 772 g/mol. The Morgan fingerprint density at radius 2 is 1.60 bits per heavy atom. The van der Waals surface area contributed by atoms with E-state index in [1.807, 2.05) is 0 Å². The number of carbonyl (C=O) groups is 1. The summed E-state index contributed by atoms with van der Waals surface area (Å²) in [7, 11) is 0. The van der Waals surface area contributed by atoms with E-state index in [-0.39, 0.29) is 42.6 Å². The molecular weight excluding hydrogens is 725 g/mol. The van der Waals surface area contributed by atoms with Gasteiger partial charge in [-0.25, -0.2) is 4.79 Å². The van der Waals surface area contributed by atoms with Gasteiger partial charge in [0.15, 0.2) is 12.6 Å². The minimum Gasteiger partial charge on any atom is -0.862 e. The molecule has 20 nitrogen and oxygen atoms in total. The first-order valence-corrected chi connectivity index (χ1v) is 16.4. The second kappa shape index (κ2) is 20.4. The van der Waals surface area contributed by atoms with Crippen LogP contribution >= 0.6 is 0 Å². The molecular formula is C32H46NNaO19. The standard InChI is InChI=1S/C32H47NO19.Na/c1-2-8-47-29-24(43)23(42)26(18(13-36)49-29)50-30-25(44)28(22(41)17(12-35)48-30)52-32(31(45)46)10-15(37)20(27(51-32)21(40)16(38)11-34)33-19(39)9-14-6-4-3-5-7-14;/h2-7,15-18,20-30,34-38,40-44H,1,8-13H2,(H,33,39)(H,45,46);/q;+1/p-1/t15-,16+,17+,18+,20+,21+,22-,23+,24+,25+,26+,27+,28-,29+,30-,32-;/m0./s1. The van der Waals surface area contributed by atoms with Gasteiger partial charge in [-0.1, -0.05) is 36.4 Å². The maximum atomic E-state index is 12.9. The number of ether oxygens (including phenoxy) is 6. The molecule has 0 radical (unpaired) electrons. The molecule has 0 aliphatic carbocycles. The van der Waals surface area contributed by atoms with Gasteiger partial charge < -0.3 is 89.7 Å². The van der Waals surface area contributed by atoms with Gasteiger partial charge >= 0.3 is 35.5 Å². The molecule has 21 heteroatoms. The fraction of sp³-hybridized carbons (Fsp3) is 0.688. The van der Waals surface area contributed by atoms with Gasteiger partial charge in [0, 0.05) is 12.8 Å². The Bertz CT molecular complexity index is 1330. The van der Waals surface area contributed by atoms with Crippen molar-refractivity contribution in [1.29, 1.82) is 0 Å². The Balaban J connectivity index is 0.00000756. The zero-order valence-electron chi connectivity index (χ0n) is 28.7. The number of aliphatic hydroxyl groups excluding tert-OH is 10. The minimum atomic E-state index is -3.07. The van der Waals surface area contributed by atoms with Crippen molar-refractivity contribution in [2.24, 2.45) is 4.99 Å². The van der Waals surface area contributed by atoms with Crippen molar-refractivity contribution < 1.29 is 124 Å². The van der Waals surface area contributed by atoms with Crippen LogP contribution in [0.1, 0.15) is 12.0 Å². The van der Waals surface area contributed by atoms with Crippen molar-refractivity contribution in [3.05, 3.63) is 48.6 Å². The molecule has 0 unspecified atom stereocenters. The van der Waals surface area contributed by atoms with Crippen LogP contribution in [0.15, 0.2) is 48.0 Å². The van der Waals surface area contributed by atoms with E-state index in [0.29, 0.717) is 5.56 Å². The predicted molar refractivity (Wildman–Crippen MR) is 168 cm³/mol. The van der Waals surface area contributed by atoms with Crippen LogP contribution in [0.25, 0.3) is 0 Å². The summed E-state index contributed by atoms with van der Waals surface area (Å²) in [6, 6.07) is 6.56. The van der Waals surface area contributed by atoms with Gasteiger partial charge in [0.05, 0.1) is 32.5 Å². The van der Waals surface area contributed by atoms with Crippen LogP contribution in [0.3, 0.4) is 0 Å². The first-order valence-electron chi connectivity index (χ1n) is 16.4. The number of nitrogens with zero attached hydrogens (tertiary/aromatic N) is 1. The van der Waals surface area contributed by atoms with Crippen LogP contribution in [0, 0.1) is 0 Å². The first kappa shape index (κ1) is 45.6. The molecule has 3 aliphatic heterocycles. The van der Waals surface area contributed by atoms with E-state index in [4.69, 9.17) is 28.4 Å². The van der Waals surface area contributed by atoms with Crippen LogP contribution in [0.2, 0.25) is 0 Å². The number of benzene rings is 1. The smallest absolute Gasteiger partial charge is 0.862 e. The van der Waals surface area contributed by atoms with Gasteiger partial charge in [0.2, 0.25) is 0 Å². The minimum absolute atomic E-state index is 0. The summed E-state index contributed by atoms with van der Waals surface area (Å²) in [5, 5.41) is 129. The van der Waals surface area contributed by atoms with E-state index in [2.05, 4.69) is 11.6 Å². The van der Waals surface area contributed by atoms with E-state index >= 15 is 0 Å². The third-order valence-corrected chi connectivity index (χ3v) is 8.91. The Labute approximate surface area is 325 Å².